The van der Waals surface area contributed by atoms with E-state index in [0.29, 0.717) is 0 Å². The Kier molecular flexibility index (Phi) is 2.28. The summed E-state index contributed by atoms with van der Waals surface area (Å²) in [7, 11) is 1.79. The molecule has 0 aromatic rings. The number of rotatable bonds is 0. The van der Waals surface area contributed by atoms with Gasteiger partial charge in [-0.2, -0.15) is 0 Å². The average molecular weight is 190 g/mol. The summed E-state index contributed by atoms with van der Waals surface area (Å²) >= 11 is 0. The smallest absolute Gasteiger partial charge is 0.321 e. The number of amides is 1. The molecule has 74 valence electrons. The molecule has 0 fully saturated rings. The molecule has 2 aliphatic rings. The highest BCUT2D eigenvalue weighted by Gasteiger charge is 2.38. The highest BCUT2D eigenvalue weighted by atomic mass is 16.2. The first kappa shape index (κ1) is 9.26. The molecule has 1 heterocycles. The Hall–Kier alpha value is -1.30. The van der Waals surface area contributed by atoms with Gasteiger partial charge in [-0.15, -0.1) is 0 Å². The monoisotopic (exact) mass is 190 g/mol. The standard InChI is InChI=1S/C11H14N2O/c1-12-10-9-6-4-3-5-8(9)7-13(2)11(10)14/h10H,3-7H2,2H3. The molecule has 0 saturated heterocycles. The minimum atomic E-state index is -0.496. The molecule has 0 spiro atoms. The van der Waals surface area contributed by atoms with Gasteiger partial charge >= 0.3 is 11.9 Å². The number of nitrogens with zero attached hydrogens (tertiary/aromatic N) is 2. The maximum Gasteiger partial charge on any atom is 0.321 e. The molecule has 1 aliphatic carbocycles. The summed E-state index contributed by atoms with van der Waals surface area (Å²) in [4.78, 5) is 16.8. The van der Waals surface area contributed by atoms with Crippen LogP contribution in [0.5, 0.6) is 0 Å². The number of hydrogen-bond acceptors (Lipinski definition) is 1. The quantitative estimate of drug-likeness (QED) is 0.421. The van der Waals surface area contributed by atoms with Crippen LogP contribution in [-0.4, -0.2) is 30.4 Å². The summed E-state index contributed by atoms with van der Waals surface area (Å²) in [5, 5.41) is 0. The third kappa shape index (κ3) is 1.31. The highest BCUT2D eigenvalue weighted by molar-refractivity contribution is 5.88. The summed E-state index contributed by atoms with van der Waals surface area (Å²) in [6, 6.07) is -0.496. The van der Waals surface area contributed by atoms with Crippen LogP contribution < -0.4 is 0 Å². The molecule has 14 heavy (non-hydrogen) atoms. The first-order valence-corrected chi connectivity index (χ1v) is 5.06. The molecule has 2 rings (SSSR count). The van der Waals surface area contributed by atoms with Crippen LogP contribution in [0.25, 0.3) is 4.85 Å². The summed E-state index contributed by atoms with van der Waals surface area (Å²) in [6.07, 6.45) is 4.40. The van der Waals surface area contributed by atoms with E-state index in [-0.39, 0.29) is 5.91 Å². The van der Waals surface area contributed by atoms with Gasteiger partial charge in [-0.3, -0.25) is 9.64 Å². The minimum Gasteiger partial charge on any atom is -0.335 e. The maximum atomic E-state index is 11.7. The molecule has 0 bridgehead atoms. The van der Waals surface area contributed by atoms with Crippen LogP contribution in [0.1, 0.15) is 25.7 Å². The van der Waals surface area contributed by atoms with Gasteiger partial charge in [0.1, 0.15) is 0 Å². The Bertz CT molecular complexity index is 338. The van der Waals surface area contributed by atoms with E-state index < -0.39 is 6.04 Å². The molecule has 0 N–H and O–H groups in total. The Morgan fingerprint density at radius 1 is 1.43 bits per heavy atom. The van der Waals surface area contributed by atoms with Gasteiger partial charge in [0.25, 0.3) is 0 Å². The van der Waals surface area contributed by atoms with Crippen molar-refractivity contribution in [3.05, 3.63) is 22.6 Å². The number of carbonyl (C=O) groups excluding carboxylic acids is 1. The van der Waals surface area contributed by atoms with E-state index in [9.17, 15) is 4.79 Å². The predicted molar refractivity (Wildman–Crippen MR) is 53.5 cm³/mol. The highest BCUT2D eigenvalue weighted by Crippen LogP contribution is 2.32. The number of hydrogen-bond donors (Lipinski definition) is 0. The van der Waals surface area contributed by atoms with E-state index in [1.165, 1.54) is 12.0 Å². The second-order valence-corrected chi connectivity index (χ2v) is 4.06. The first-order chi connectivity index (χ1) is 6.74. The van der Waals surface area contributed by atoms with Crippen LogP contribution in [0.3, 0.4) is 0 Å². The largest absolute Gasteiger partial charge is 0.335 e. The molecule has 1 atom stereocenters. The van der Waals surface area contributed by atoms with Gasteiger partial charge in [-0.1, -0.05) is 0 Å². The number of likely N-dealkylation sites (N-methyl/N-ethyl adjacent to an activating group) is 1. The van der Waals surface area contributed by atoms with Gasteiger partial charge < -0.3 is 4.90 Å². The van der Waals surface area contributed by atoms with Crippen LogP contribution in [0.15, 0.2) is 11.1 Å². The summed E-state index contributed by atoms with van der Waals surface area (Å²) in [5.41, 5.74) is 2.48. The third-order valence-electron chi connectivity index (χ3n) is 3.13. The Morgan fingerprint density at radius 3 is 2.86 bits per heavy atom. The third-order valence-corrected chi connectivity index (χ3v) is 3.13. The molecular formula is C11H14N2O. The van der Waals surface area contributed by atoms with E-state index in [2.05, 4.69) is 4.85 Å². The van der Waals surface area contributed by atoms with Crippen molar-refractivity contribution in [1.29, 1.82) is 0 Å². The van der Waals surface area contributed by atoms with Gasteiger partial charge in [0.2, 0.25) is 0 Å². The van der Waals surface area contributed by atoms with E-state index in [1.807, 2.05) is 0 Å². The van der Waals surface area contributed by atoms with Crippen molar-refractivity contribution in [3.63, 3.8) is 0 Å². The van der Waals surface area contributed by atoms with E-state index in [1.54, 1.807) is 11.9 Å². The van der Waals surface area contributed by atoms with Crippen molar-refractivity contribution in [1.82, 2.24) is 4.90 Å². The summed E-state index contributed by atoms with van der Waals surface area (Å²) in [6.45, 7) is 7.83. The van der Waals surface area contributed by atoms with Gasteiger partial charge in [-0.05, 0) is 31.3 Å². The molecule has 3 nitrogen and oxygen atoms in total. The van der Waals surface area contributed by atoms with E-state index in [4.69, 9.17) is 6.57 Å². The Morgan fingerprint density at radius 2 is 2.14 bits per heavy atom. The second-order valence-electron chi connectivity index (χ2n) is 4.06. The fourth-order valence-electron chi connectivity index (χ4n) is 2.36. The topological polar surface area (TPSA) is 24.7 Å². The van der Waals surface area contributed by atoms with E-state index in [0.717, 1.165) is 31.4 Å². The lowest BCUT2D eigenvalue weighted by atomic mass is 9.84. The molecule has 0 aromatic heterocycles. The van der Waals surface area contributed by atoms with Crippen LogP contribution in [0, 0.1) is 6.57 Å². The molecule has 1 aliphatic heterocycles. The molecule has 0 saturated carbocycles. The van der Waals surface area contributed by atoms with Crippen molar-refractivity contribution >= 4 is 5.91 Å². The Labute approximate surface area is 84.2 Å². The molecule has 0 radical (unpaired) electrons. The SMILES string of the molecule is [C-]#[N+]C1C(=O)N(C)CC2=C1CCCC2. The van der Waals surface area contributed by atoms with Crippen molar-refractivity contribution in [2.45, 2.75) is 31.7 Å². The zero-order valence-corrected chi connectivity index (χ0v) is 8.42. The van der Waals surface area contributed by atoms with Gasteiger partial charge in [0.05, 0.1) is 0 Å². The molecule has 1 amide bonds. The van der Waals surface area contributed by atoms with Crippen LogP contribution in [0.4, 0.5) is 0 Å². The lowest BCUT2D eigenvalue weighted by Gasteiger charge is -2.30. The molecule has 0 aromatic carbocycles. The van der Waals surface area contributed by atoms with Crippen LogP contribution in [0.2, 0.25) is 0 Å². The fourth-order valence-corrected chi connectivity index (χ4v) is 2.36. The van der Waals surface area contributed by atoms with Crippen molar-refractivity contribution in [2.24, 2.45) is 0 Å². The summed E-state index contributed by atoms with van der Waals surface area (Å²) in [5.74, 6) is -0.0133. The van der Waals surface area contributed by atoms with Crippen molar-refractivity contribution < 1.29 is 4.79 Å². The second kappa shape index (κ2) is 3.45. The molecule has 3 heteroatoms. The average Bonchev–Trinajstić information content (AvgIpc) is 2.20. The predicted octanol–water partition coefficient (Wildman–Crippen LogP) is 1.62. The maximum absolute atomic E-state index is 11.7. The minimum absolute atomic E-state index is 0.0133. The fraction of sp³-hybridized carbons (Fsp3) is 0.636. The van der Waals surface area contributed by atoms with Gasteiger partial charge in [0.15, 0.2) is 0 Å². The number of carbonyl (C=O) groups is 1. The van der Waals surface area contributed by atoms with Crippen LogP contribution >= 0.6 is 0 Å². The lowest BCUT2D eigenvalue weighted by Crippen LogP contribution is -2.42. The van der Waals surface area contributed by atoms with Gasteiger partial charge in [-0.25, -0.2) is 6.57 Å². The van der Waals surface area contributed by atoms with Gasteiger partial charge in [0, 0.05) is 19.2 Å². The zero-order chi connectivity index (χ0) is 10.1. The van der Waals surface area contributed by atoms with Crippen LogP contribution in [-0.2, 0) is 4.79 Å². The normalized spacial score (nSPS) is 27.3. The zero-order valence-electron chi connectivity index (χ0n) is 8.42. The van der Waals surface area contributed by atoms with Crippen molar-refractivity contribution in [2.75, 3.05) is 13.6 Å². The first-order valence-electron chi connectivity index (χ1n) is 5.06. The molecule has 1 unspecified atom stereocenters. The van der Waals surface area contributed by atoms with E-state index >= 15 is 0 Å². The Balaban J connectivity index is 2.37. The molecular weight excluding hydrogens is 176 g/mol. The van der Waals surface area contributed by atoms with Crippen molar-refractivity contribution in [3.8, 4) is 0 Å². The lowest BCUT2D eigenvalue weighted by molar-refractivity contribution is -0.130. The summed E-state index contributed by atoms with van der Waals surface area (Å²) < 4.78 is 0.